The molecular formula is C12H17N5O3S. The van der Waals surface area contributed by atoms with E-state index in [0.29, 0.717) is 17.3 Å². The Hall–Kier alpha value is -2.13. The third-order valence-corrected chi connectivity index (χ3v) is 4.52. The molecule has 21 heavy (non-hydrogen) atoms. The van der Waals surface area contributed by atoms with E-state index < -0.39 is 16.1 Å². The third kappa shape index (κ3) is 3.14. The van der Waals surface area contributed by atoms with Crippen LogP contribution in [0.5, 0.6) is 5.75 Å². The van der Waals surface area contributed by atoms with Crippen molar-refractivity contribution in [3.8, 4) is 5.75 Å². The van der Waals surface area contributed by atoms with E-state index in [2.05, 4.69) is 14.9 Å². The van der Waals surface area contributed by atoms with Gasteiger partial charge in [-0.15, -0.1) is 10.2 Å². The van der Waals surface area contributed by atoms with Crippen LogP contribution in [0.2, 0.25) is 0 Å². The van der Waals surface area contributed by atoms with Crippen molar-refractivity contribution in [2.75, 3.05) is 12.8 Å². The molecule has 0 amide bonds. The predicted molar refractivity (Wildman–Crippen MR) is 77.1 cm³/mol. The molecule has 0 fully saturated rings. The number of aromatic nitrogens is 3. The molecule has 1 heterocycles. The number of nitrogen functional groups attached to an aromatic ring is 1. The molecule has 1 atom stereocenters. The highest BCUT2D eigenvalue weighted by molar-refractivity contribution is 7.89. The summed E-state index contributed by atoms with van der Waals surface area (Å²) in [6, 6.07) is 3.76. The lowest BCUT2D eigenvalue weighted by Crippen LogP contribution is -2.28. The highest BCUT2D eigenvalue weighted by Crippen LogP contribution is 2.25. The van der Waals surface area contributed by atoms with Crippen LogP contribution in [0.15, 0.2) is 29.4 Å². The van der Waals surface area contributed by atoms with Crippen molar-refractivity contribution in [1.29, 1.82) is 0 Å². The molecule has 0 aliphatic rings. The zero-order valence-corrected chi connectivity index (χ0v) is 12.8. The zero-order chi connectivity index (χ0) is 15.6. The number of nitrogens with two attached hydrogens (primary N) is 1. The lowest BCUT2D eigenvalue weighted by Gasteiger charge is -2.14. The quantitative estimate of drug-likeness (QED) is 0.775. The lowest BCUT2D eigenvalue weighted by atomic mass is 10.3. The van der Waals surface area contributed by atoms with Crippen LogP contribution < -0.4 is 15.2 Å². The molecular weight excluding hydrogens is 294 g/mol. The van der Waals surface area contributed by atoms with Crippen molar-refractivity contribution >= 4 is 15.7 Å². The van der Waals surface area contributed by atoms with Gasteiger partial charge in [-0.1, -0.05) is 0 Å². The van der Waals surface area contributed by atoms with Gasteiger partial charge in [-0.2, -0.15) is 0 Å². The van der Waals surface area contributed by atoms with Crippen molar-refractivity contribution in [3.63, 3.8) is 0 Å². The summed E-state index contributed by atoms with van der Waals surface area (Å²) < 4.78 is 33.9. The van der Waals surface area contributed by atoms with Crippen LogP contribution in [0.1, 0.15) is 18.8 Å². The van der Waals surface area contributed by atoms with E-state index in [1.54, 1.807) is 18.5 Å². The molecule has 3 N–H and O–H groups in total. The summed E-state index contributed by atoms with van der Waals surface area (Å²) >= 11 is 0. The Labute approximate surface area is 123 Å². The first kappa shape index (κ1) is 15.3. The SMILES string of the molecule is COc1cc(S(=O)(=O)NC(C)c2nncn2C)ccc1N. The minimum atomic E-state index is -3.72. The van der Waals surface area contributed by atoms with Gasteiger partial charge in [-0.25, -0.2) is 13.1 Å². The molecule has 0 radical (unpaired) electrons. The van der Waals surface area contributed by atoms with Crippen LogP contribution in [-0.2, 0) is 17.1 Å². The maximum absolute atomic E-state index is 12.4. The van der Waals surface area contributed by atoms with Gasteiger partial charge in [0.25, 0.3) is 0 Å². The van der Waals surface area contributed by atoms with E-state index in [0.717, 1.165) is 0 Å². The van der Waals surface area contributed by atoms with E-state index in [1.165, 1.54) is 31.6 Å². The second kappa shape index (κ2) is 5.70. The van der Waals surface area contributed by atoms with Gasteiger partial charge in [0.15, 0.2) is 0 Å². The summed E-state index contributed by atoms with van der Waals surface area (Å²) in [6.45, 7) is 1.69. The molecule has 0 saturated heterocycles. The van der Waals surface area contributed by atoms with E-state index in [4.69, 9.17) is 10.5 Å². The van der Waals surface area contributed by atoms with Gasteiger partial charge in [-0.3, -0.25) is 0 Å². The van der Waals surface area contributed by atoms with Gasteiger partial charge >= 0.3 is 0 Å². The molecule has 2 aromatic rings. The Kier molecular flexibility index (Phi) is 4.14. The molecule has 0 aliphatic carbocycles. The fourth-order valence-corrected chi connectivity index (χ4v) is 3.11. The van der Waals surface area contributed by atoms with E-state index in [1.807, 2.05) is 0 Å². The maximum atomic E-state index is 12.4. The van der Waals surface area contributed by atoms with Gasteiger partial charge in [-0.05, 0) is 19.1 Å². The van der Waals surface area contributed by atoms with Crippen molar-refractivity contribution in [2.24, 2.45) is 7.05 Å². The first-order valence-corrected chi connectivity index (χ1v) is 7.63. The largest absolute Gasteiger partial charge is 0.495 e. The minimum absolute atomic E-state index is 0.0718. The Morgan fingerprint density at radius 1 is 1.43 bits per heavy atom. The number of nitrogens with zero attached hydrogens (tertiary/aromatic N) is 3. The molecule has 0 spiro atoms. The van der Waals surface area contributed by atoms with Crippen molar-refractivity contribution in [2.45, 2.75) is 17.9 Å². The van der Waals surface area contributed by atoms with Gasteiger partial charge in [0.2, 0.25) is 10.0 Å². The summed E-state index contributed by atoms with van der Waals surface area (Å²) in [5.41, 5.74) is 6.05. The molecule has 8 nitrogen and oxygen atoms in total. The molecule has 2 rings (SSSR count). The smallest absolute Gasteiger partial charge is 0.241 e. The van der Waals surface area contributed by atoms with E-state index in [9.17, 15) is 8.42 Å². The van der Waals surface area contributed by atoms with Crippen LogP contribution in [0.4, 0.5) is 5.69 Å². The van der Waals surface area contributed by atoms with Crippen molar-refractivity contribution in [3.05, 3.63) is 30.4 Å². The van der Waals surface area contributed by atoms with Gasteiger partial charge in [0.05, 0.1) is 23.7 Å². The summed E-state index contributed by atoms with van der Waals surface area (Å²) in [7, 11) is -0.548. The number of methoxy groups -OCH3 is 1. The number of aryl methyl sites for hydroxylation is 1. The van der Waals surface area contributed by atoms with E-state index >= 15 is 0 Å². The average molecular weight is 311 g/mol. The number of benzene rings is 1. The average Bonchev–Trinajstić information content (AvgIpc) is 2.85. The Morgan fingerprint density at radius 2 is 2.14 bits per heavy atom. The van der Waals surface area contributed by atoms with Crippen molar-refractivity contribution in [1.82, 2.24) is 19.5 Å². The monoisotopic (exact) mass is 311 g/mol. The van der Waals surface area contributed by atoms with Crippen LogP contribution in [0.25, 0.3) is 0 Å². The Bertz CT molecular complexity index is 741. The molecule has 1 aromatic carbocycles. The zero-order valence-electron chi connectivity index (χ0n) is 11.9. The fourth-order valence-electron chi connectivity index (χ4n) is 1.90. The first-order valence-electron chi connectivity index (χ1n) is 6.15. The molecule has 1 unspecified atom stereocenters. The number of ether oxygens (including phenoxy) is 1. The lowest BCUT2D eigenvalue weighted by molar-refractivity contribution is 0.415. The number of rotatable bonds is 5. The topological polar surface area (TPSA) is 112 Å². The van der Waals surface area contributed by atoms with Gasteiger partial charge in [0, 0.05) is 13.1 Å². The summed E-state index contributed by atoms with van der Waals surface area (Å²) in [5.74, 6) is 0.824. The normalized spacial score (nSPS) is 13.1. The second-order valence-corrected chi connectivity index (χ2v) is 6.26. The number of nitrogens with one attached hydrogen (secondary N) is 1. The van der Waals surface area contributed by atoms with Gasteiger partial charge in [0.1, 0.15) is 17.9 Å². The molecule has 9 heteroatoms. The van der Waals surface area contributed by atoms with Crippen LogP contribution >= 0.6 is 0 Å². The number of sulfonamides is 1. The van der Waals surface area contributed by atoms with Crippen LogP contribution in [0.3, 0.4) is 0 Å². The van der Waals surface area contributed by atoms with E-state index in [-0.39, 0.29) is 4.90 Å². The van der Waals surface area contributed by atoms with Crippen LogP contribution in [0, 0.1) is 0 Å². The van der Waals surface area contributed by atoms with Crippen LogP contribution in [-0.4, -0.2) is 30.3 Å². The predicted octanol–water partition coefficient (Wildman–Crippen LogP) is 0.445. The molecule has 0 bridgehead atoms. The fraction of sp³-hybridized carbons (Fsp3) is 0.333. The first-order chi connectivity index (χ1) is 9.85. The summed E-state index contributed by atoms with van der Waals surface area (Å²) in [4.78, 5) is 0.0718. The summed E-state index contributed by atoms with van der Waals surface area (Å²) in [6.07, 6.45) is 1.51. The third-order valence-electron chi connectivity index (χ3n) is 2.98. The molecule has 1 aromatic heterocycles. The Balaban J connectivity index is 2.28. The van der Waals surface area contributed by atoms with Gasteiger partial charge < -0.3 is 15.0 Å². The second-order valence-electron chi connectivity index (χ2n) is 4.55. The molecule has 114 valence electrons. The number of anilines is 1. The Morgan fingerprint density at radius 3 is 2.71 bits per heavy atom. The summed E-state index contributed by atoms with van der Waals surface area (Å²) in [5, 5.41) is 7.61. The molecule has 0 saturated carbocycles. The molecule has 0 aliphatic heterocycles. The minimum Gasteiger partial charge on any atom is -0.495 e. The highest BCUT2D eigenvalue weighted by atomic mass is 32.2. The van der Waals surface area contributed by atoms with Crippen molar-refractivity contribution < 1.29 is 13.2 Å². The highest BCUT2D eigenvalue weighted by Gasteiger charge is 2.22. The number of hydrogen-bond donors (Lipinski definition) is 2. The number of hydrogen-bond acceptors (Lipinski definition) is 6. The maximum Gasteiger partial charge on any atom is 0.241 e. The standard InChI is InChI=1S/C12H17N5O3S/c1-8(12-15-14-7-17(12)2)16-21(18,19)9-4-5-10(13)11(6-9)20-3/h4-8,16H,13H2,1-3H3.